The largest absolute Gasteiger partial charge is 0.315 e. The van der Waals surface area contributed by atoms with E-state index >= 15 is 0 Å². The van der Waals surface area contributed by atoms with Crippen molar-refractivity contribution in [3.8, 4) is 11.3 Å². The molecule has 1 N–H and O–H groups in total. The van der Waals surface area contributed by atoms with Gasteiger partial charge in [-0.1, -0.05) is 0 Å². The lowest BCUT2D eigenvalue weighted by molar-refractivity contribution is 0.246. The molecular formula is C18H21FN6. The average molecular weight is 340 g/mol. The molecule has 0 saturated carbocycles. The van der Waals surface area contributed by atoms with E-state index in [0.717, 1.165) is 37.1 Å². The van der Waals surface area contributed by atoms with Crippen LogP contribution < -0.4 is 5.32 Å². The normalized spacial score (nSPS) is 17.7. The fourth-order valence-electron chi connectivity index (χ4n) is 3.35. The molecule has 1 aromatic carbocycles. The molecule has 0 amide bonds. The van der Waals surface area contributed by atoms with Crippen molar-refractivity contribution in [3.63, 3.8) is 0 Å². The van der Waals surface area contributed by atoms with Gasteiger partial charge in [0.05, 0.1) is 23.8 Å². The summed E-state index contributed by atoms with van der Waals surface area (Å²) in [6.45, 7) is 2.85. The fraction of sp³-hybridized carbons (Fsp3) is 0.389. The number of hydrogen-bond donors (Lipinski definition) is 1. The highest BCUT2D eigenvalue weighted by Crippen LogP contribution is 2.24. The Labute approximate surface area is 145 Å². The van der Waals surface area contributed by atoms with E-state index in [4.69, 9.17) is 0 Å². The van der Waals surface area contributed by atoms with Crippen molar-refractivity contribution in [2.24, 2.45) is 7.05 Å². The monoisotopic (exact) mass is 340 g/mol. The second kappa shape index (κ2) is 6.50. The number of aryl methyl sites for hydroxylation is 1. The maximum absolute atomic E-state index is 14.2. The molecule has 25 heavy (non-hydrogen) atoms. The topological polar surface area (TPSA) is 58.9 Å². The first-order valence-corrected chi connectivity index (χ1v) is 8.45. The molecule has 1 atom stereocenters. The number of nitrogens with zero attached hydrogens (tertiary/aromatic N) is 5. The predicted molar refractivity (Wildman–Crippen MR) is 94.4 cm³/mol. The average Bonchev–Trinajstić information content (AvgIpc) is 3.24. The Hall–Kier alpha value is -2.38. The van der Waals surface area contributed by atoms with Gasteiger partial charge in [0.25, 0.3) is 0 Å². The summed E-state index contributed by atoms with van der Waals surface area (Å²) in [5.41, 5.74) is 2.67. The Morgan fingerprint density at radius 3 is 2.92 bits per heavy atom. The first-order chi connectivity index (χ1) is 12.1. The molecule has 0 spiro atoms. The Bertz CT molecular complexity index is 882. The van der Waals surface area contributed by atoms with Crippen molar-refractivity contribution in [1.82, 2.24) is 30.0 Å². The van der Waals surface area contributed by atoms with Crippen LogP contribution in [0, 0.1) is 5.82 Å². The Kier molecular flexibility index (Phi) is 4.19. The lowest BCUT2D eigenvalue weighted by Crippen LogP contribution is -2.33. The molecule has 0 aliphatic carbocycles. The maximum atomic E-state index is 14.2. The SMILES string of the molecule is CN(Cc1cnc(-c2cc(F)c3nn(C)cc3c2)cn1)C1CCNC1. The van der Waals surface area contributed by atoms with Crippen molar-refractivity contribution in [2.75, 3.05) is 20.1 Å². The quantitative estimate of drug-likeness (QED) is 0.787. The summed E-state index contributed by atoms with van der Waals surface area (Å²) in [5.74, 6) is -0.340. The van der Waals surface area contributed by atoms with Crippen LogP contribution in [0.2, 0.25) is 0 Å². The molecule has 130 valence electrons. The highest BCUT2D eigenvalue weighted by Gasteiger charge is 2.19. The van der Waals surface area contributed by atoms with Crippen LogP contribution in [-0.4, -0.2) is 50.8 Å². The van der Waals surface area contributed by atoms with E-state index in [1.807, 2.05) is 6.07 Å². The number of aromatic nitrogens is 4. The molecule has 1 aliphatic heterocycles. The second-order valence-corrected chi connectivity index (χ2v) is 6.65. The molecule has 6 nitrogen and oxygen atoms in total. The number of nitrogens with one attached hydrogen (secondary N) is 1. The molecule has 4 rings (SSSR count). The van der Waals surface area contributed by atoms with Crippen LogP contribution in [0.1, 0.15) is 12.1 Å². The van der Waals surface area contributed by atoms with E-state index in [1.54, 1.807) is 30.3 Å². The minimum atomic E-state index is -0.340. The molecule has 1 unspecified atom stereocenters. The van der Waals surface area contributed by atoms with Gasteiger partial charge in [0.2, 0.25) is 0 Å². The third-order valence-electron chi connectivity index (χ3n) is 4.75. The number of hydrogen-bond acceptors (Lipinski definition) is 5. The minimum Gasteiger partial charge on any atom is -0.315 e. The first kappa shape index (κ1) is 16.1. The summed E-state index contributed by atoms with van der Waals surface area (Å²) in [6, 6.07) is 3.91. The summed E-state index contributed by atoms with van der Waals surface area (Å²) in [6.07, 6.45) is 6.45. The van der Waals surface area contributed by atoms with Gasteiger partial charge in [0.1, 0.15) is 5.52 Å². The summed E-state index contributed by atoms with van der Waals surface area (Å²) in [7, 11) is 3.89. The minimum absolute atomic E-state index is 0.340. The third-order valence-corrected chi connectivity index (χ3v) is 4.75. The van der Waals surface area contributed by atoms with Gasteiger partial charge >= 0.3 is 0 Å². The molecule has 1 saturated heterocycles. The van der Waals surface area contributed by atoms with E-state index in [-0.39, 0.29) is 5.82 Å². The van der Waals surface area contributed by atoms with Gasteiger partial charge in [-0.15, -0.1) is 0 Å². The van der Waals surface area contributed by atoms with E-state index in [1.165, 1.54) is 6.07 Å². The van der Waals surface area contributed by atoms with Gasteiger partial charge in [-0.05, 0) is 32.1 Å². The smallest absolute Gasteiger partial charge is 0.151 e. The van der Waals surface area contributed by atoms with Crippen LogP contribution in [-0.2, 0) is 13.6 Å². The van der Waals surface area contributed by atoms with Gasteiger partial charge < -0.3 is 5.32 Å². The molecular weight excluding hydrogens is 319 g/mol. The number of rotatable bonds is 4. The van der Waals surface area contributed by atoms with Gasteiger partial charge in [0, 0.05) is 43.3 Å². The fourth-order valence-corrected chi connectivity index (χ4v) is 3.35. The Balaban J connectivity index is 1.55. The zero-order valence-electron chi connectivity index (χ0n) is 14.4. The molecule has 7 heteroatoms. The summed E-state index contributed by atoms with van der Waals surface area (Å²) in [5, 5.41) is 8.26. The maximum Gasteiger partial charge on any atom is 0.151 e. The number of halogens is 1. The molecule has 3 heterocycles. The van der Waals surface area contributed by atoms with Crippen molar-refractivity contribution in [3.05, 3.63) is 42.2 Å². The Morgan fingerprint density at radius 1 is 1.32 bits per heavy atom. The van der Waals surface area contributed by atoms with E-state index < -0.39 is 0 Å². The van der Waals surface area contributed by atoms with Gasteiger partial charge in [0.15, 0.2) is 5.82 Å². The van der Waals surface area contributed by atoms with Crippen LogP contribution in [0.5, 0.6) is 0 Å². The summed E-state index contributed by atoms with van der Waals surface area (Å²) in [4.78, 5) is 11.3. The zero-order chi connectivity index (χ0) is 17.4. The van der Waals surface area contributed by atoms with Crippen molar-refractivity contribution >= 4 is 10.9 Å². The molecule has 3 aromatic rings. The van der Waals surface area contributed by atoms with Crippen LogP contribution in [0.25, 0.3) is 22.2 Å². The highest BCUT2D eigenvalue weighted by molar-refractivity contribution is 5.84. The van der Waals surface area contributed by atoms with Crippen molar-refractivity contribution < 1.29 is 4.39 Å². The van der Waals surface area contributed by atoms with Crippen LogP contribution in [0.15, 0.2) is 30.7 Å². The van der Waals surface area contributed by atoms with Gasteiger partial charge in [-0.25, -0.2) is 4.39 Å². The van der Waals surface area contributed by atoms with Gasteiger partial charge in [-0.3, -0.25) is 19.5 Å². The number of fused-ring (bicyclic) bond motifs is 1. The third kappa shape index (κ3) is 3.25. The number of likely N-dealkylation sites (N-methyl/N-ethyl adjacent to an activating group) is 1. The molecule has 2 aromatic heterocycles. The highest BCUT2D eigenvalue weighted by atomic mass is 19.1. The van der Waals surface area contributed by atoms with Crippen LogP contribution in [0.4, 0.5) is 4.39 Å². The van der Waals surface area contributed by atoms with Crippen molar-refractivity contribution in [1.29, 1.82) is 0 Å². The summed E-state index contributed by atoms with van der Waals surface area (Å²) >= 11 is 0. The lowest BCUT2D eigenvalue weighted by Gasteiger charge is -2.22. The zero-order valence-corrected chi connectivity index (χ0v) is 14.4. The molecule has 0 bridgehead atoms. The van der Waals surface area contributed by atoms with Gasteiger partial charge in [-0.2, -0.15) is 5.10 Å². The second-order valence-electron chi connectivity index (χ2n) is 6.65. The molecule has 1 aliphatic rings. The predicted octanol–water partition coefficient (Wildman–Crippen LogP) is 1.96. The molecule has 0 radical (unpaired) electrons. The number of benzene rings is 1. The Morgan fingerprint density at radius 2 is 2.20 bits per heavy atom. The van der Waals surface area contributed by atoms with Crippen LogP contribution >= 0.6 is 0 Å². The van der Waals surface area contributed by atoms with Crippen LogP contribution in [0.3, 0.4) is 0 Å². The standard InChI is InChI=1S/C18H21FN6/c1-24(15-3-4-20-8-15)11-14-7-22-17(9-21-14)12-5-13-10-25(2)23-18(13)16(19)6-12/h5-7,9-10,15,20H,3-4,8,11H2,1-2H3. The van der Waals surface area contributed by atoms with E-state index in [9.17, 15) is 4.39 Å². The molecule has 1 fully saturated rings. The summed E-state index contributed by atoms with van der Waals surface area (Å²) < 4.78 is 15.8. The van der Waals surface area contributed by atoms with E-state index in [2.05, 4.69) is 32.3 Å². The lowest BCUT2D eigenvalue weighted by atomic mass is 10.1. The first-order valence-electron chi connectivity index (χ1n) is 8.45. The van der Waals surface area contributed by atoms with Crippen molar-refractivity contribution in [2.45, 2.75) is 19.0 Å². The van der Waals surface area contributed by atoms with E-state index in [0.29, 0.717) is 22.8 Å².